The van der Waals surface area contributed by atoms with Crippen molar-refractivity contribution in [2.45, 2.75) is 0 Å². The monoisotopic (exact) mass is 131 g/mol. The molecular weight excluding hydrogens is 122 g/mol. The summed E-state index contributed by atoms with van der Waals surface area (Å²) in [4.78, 5) is 9.54. The number of hydrogen-bond donors (Lipinski definition) is 2. The fourth-order valence-electron chi connectivity index (χ4n) is 0.151. The molecule has 0 saturated carbocycles. The second kappa shape index (κ2) is 6.69. The second-order valence-electron chi connectivity index (χ2n) is 0.924. The molecule has 0 spiro atoms. The third-order valence-corrected chi connectivity index (χ3v) is 0.328. The van der Waals surface area contributed by atoms with Crippen molar-refractivity contribution in [3.05, 3.63) is 0 Å². The first-order valence-electron chi connectivity index (χ1n) is 1.63. The molecule has 0 unspecified atom stereocenters. The number of rotatable bonds is 2. The summed E-state index contributed by atoms with van der Waals surface area (Å²) < 4.78 is 0. The average molecular weight is 131 g/mol. The number of nitrogens with one attached hydrogen (secondary N) is 1. The molecule has 0 fully saturated rings. The fourth-order valence-corrected chi connectivity index (χ4v) is 0.151. The van der Waals surface area contributed by atoms with Gasteiger partial charge in [-0.2, -0.15) is 0 Å². The first-order valence-corrected chi connectivity index (χ1v) is 1.63. The Morgan fingerprint density at radius 2 is 2.29 bits per heavy atom. The van der Waals surface area contributed by atoms with Gasteiger partial charge in [-0.15, -0.1) is 0 Å². The summed E-state index contributed by atoms with van der Waals surface area (Å²) in [5.41, 5.74) is 0. The quantitative estimate of drug-likeness (QED) is 0.443. The van der Waals surface area contributed by atoms with Gasteiger partial charge in [0.05, 0.1) is 6.54 Å². The van der Waals surface area contributed by atoms with Gasteiger partial charge in [0.25, 0.3) is 0 Å². The first kappa shape index (κ1) is 10.6. The van der Waals surface area contributed by atoms with Crippen LogP contribution < -0.4 is 5.32 Å². The summed E-state index contributed by atoms with van der Waals surface area (Å²) in [7, 11) is 1.59. The van der Waals surface area contributed by atoms with Crippen molar-refractivity contribution in [3.8, 4) is 0 Å². The van der Waals surface area contributed by atoms with Gasteiger partial charge in [-0.25, -0.2) is 0 Å². The maximum absolute atomic E-state index is 9.54. The van der Waals surface area contributed by atoms with Gasteiger partial charge in [-0.05, 0) is 7.05 Å². The van der Waals surface area contributed by atoms with E-state index in [4.69, 9.17) is 5.11 Å². The van der Waals surface area contributed by atoms with Crippen LogP contribution in [0.15, 0.2) is 0 Å². The van der Waals surface area contributed by atoms with Gasteiger partial charge < -0.3 is 10.4 Å². The Bertz CT molecular complexity index is 56.9. The molecule has 0 amide bonds. The molecule has 0 aromatic rings. The molecule has 7 heavy (non-hydrogen) atoms. The summed E-state index contributed by atoms with van der Waals surface area (Å²) in [5.74, 6) is -0.822. The third-order valence-electron chi connectivity index (χ3n) is 0.328. The summed E-state index contributed by atoms with van der Waals surface area (Å²) in [6.45, 7) is 0.0417. The Morgan fingerprint density at radius 3 is 2.29 bits per heavy atom. The van der Waals surface area contributed by atoms with Gasteiger partial charge in [0, 0.05) is 0 Å². The third kappa shape index (κ3) is 10.8. The molecule has 0 aromatic heterocycles. The molecular formula is C3H9CaNO2. The van der Waals surface area contributed by atoms with E-state index in [9.17, 15) is 4.79 Å². The summed E-state index contributed by atoms with van der Waals surface area (Å²) in [6.07, 6.45) is 0. The van der Waals surface area contributed by atoms with E-state index in [2.05, 4.69) is 5.32 Å². The van der Waals surface area contributed by atoms with Crippen molar-refractivity contribution in [1.82, 2.24) is 5.32 Å². The van der Waals surface area contributed by atoms with Crippen LogP contribution in [0, 0.1) is 0 Å². The number of carboxylic acids is 1. The van der Waals surface area contributed by atoms with Gasteiger partial charge in [-0.1, -0.05) is 0 Å². The molecule has 0 rings (SSSR count). The van der Waals surface area contributed by atoms with Gasteiger partial charge in [0.1, 0.15) is 0 Å². The predicted molar refractivity (Wildman–Crippen MR) is 30.1 cm³/mol. The normalized spacial score (nSPS) is 7.00. The van der Waals surface area contributed by atoms with E-state index in [1.807, 2.05) is 0 Å². The van der Waals surface area contributed by atoms with E-state index in [0.29, 0.717) is 0 Å². The minimum atomic E-state index is -0.822. The minimum absolute atomic E-state index is 0. The van der Waals surface area contributed by atoms with Crippen LogP contribution in [0.3, 0.4) is 0 Å². The standard InChI is InChI=1S/C3H7NO2.Ca.2H/c1-4-2-3(5)6;;;/h4H,2H2,1H3,(H,5,6);;;. The Hall–Kier alpha value is 0.690. The molecule has 0 saturated heterocycles. The van der Waals surface area contributed by atoms with Gasteiger partial charge in [-0.3, -0.25) is 4.79 Å². The van der Waals surface area contributed by atoms with E-state index in [0.717, 1.165) is 0 Å². The van der Waals surface area contributed by atoms with Crippen molar-refractivity contribution < 1.29 is 9.90 Å². The molecule has 2 N–H and O–H groups in total. The average Bonchev–Trinajstić information content (AvgIpc) is 1.35. The van der Waals surface area contributed by atoms with E-state index in [-0.39, 0.29) is 44.3 Å². The van der Waals surface area contributed by atoms with Crippen LogP contribution in [0.4, 0.5) is 0 Å². The number of carbonyl (C=O) groups is 1. The topological polar surface area (TPSA) is 49.3 Å². The molecule has 0 bridgehead atoms. The van der Waals surface area contributed by atoms with Crippen LogP contribution in [0.25, 0.3) is 0 Å². The van der Waals surface area contributed by atoms with Crippen molar-refractivity contribution in [2.75, 3.05) is 13.6 Å². The number of hydrogen-bond acceptors (Lipinski definition) is 2. The van der Waals surface area contributed by atoms with Crippen LogP contribution in [-0.2, 0) is 4.79 Å². The Kier molecular flexibility index (Phi) is 10.2. The second-order valence-corrected chi connectivity index (χ2v) is 0.924. The molecule has 0 aliphatic heterocycles. The summed E-state index contributed by atoms with van der Waals surface area (Å²) in [6, 6.07) is 0. The van der Waals surface area contributed by atoms with Crippen molar-refractivity contribution in [3.63, 3.8) is 0 Å². The van der Waals surface area contributed by atoms with E-state index >= 15 is 0 Å². The first-order chi connectivity index (χ1) is 2.77. The fraction of sp³-hybridized carbons (Fsp3) is 0.667. The molecule has 0 aromatic carbocycles. The van der Waals surface area contributed by atoms with Gasteiger partial charge in [0.15, 0.2) is 0 Å². The van der Waals surface area contributed by atoms with Crippen LogP contribution in [0.1, 0.15) is 0 Å². The number of likely N-dealkylation sites (N-methyl/N-ethyl adjacent to an activating group) is 1. The Morgan fingerprint density at radius 1 is 1.86 bits per heavy atom. The molecule has 0 heterocycles. The van der Waals surface area contributed by atoms with Gasteiger partial charge >= 0.3 is 43.7 Å². The molecule has 3 nitrogen and oxygen atoms in total. The van der Waals surface area contributed by atoms with Crippen LogP contribution in [-0.4, -0.2) is 62.4 Å². The molecule has 0 radical (unpaired) electrons. The van der Waals surface area contributed by atoms with E-state index in [1.165, 1.54) is 0 Å². The van der Waals surface area contributed by atoms with Crippen molar-refractivity contribution in [1.29, 1.82) is 0 Å². The van der Waals surface area contributed by atoms with Crippen molar-refractivity contribution >= 4 is 43.7 Å². The van der Waals surface area contributed by atoms with E-state index < -0.39 is 5.97 Å². The van der Waals surface area contributed by atoms with Crippen molar-refractivity contribution in [2.24, 2.45) is 0 Å². The molecule has 40 valence electrons. The molecule has 4 heteroatoms. The maximum atomic E-state index is 9.54. The van der Waals surface area contributed by atoms with E-state index in [1.54, 1.807) is 7.05 Å². The predicted octanol–water partition coefficient (Wildman–Crippen LogP) is -1.63. The summed E-state index contributed by atoms with van der Waals surface area (Å²) in [5, 5.41) is 10.3. The van der Waals surface area contributed by atoms with Crippen LogP contribution >= 0.6 is 0 Å². The summed E-state index contributed by atoms with van der Waals surface area (Å²) >= 11 is 0. The van der Waals surface area contributed by atoms with Crippen LogP contribution in [0.2, 0.25) is 0 Å². The molecule has 0 aliphatic rings. The SMILES string of the molecule is CNCC(=O)O.[CaH2]. The Labute approximate surface area is 72.1 Å². The zero-order chi connectivity index (χ0) is 4.99. The van der Waals surface area contributed by atoms with Gasteiger partial charge in [0.2, 0.25) is 0 Å². The Balaban J connectivity index is 0. The molecule has 0 aliphatic carbocycles. The number of carboxylic acid groups (broad SMARTS) is 1. The number of aliphatic carboxylic acids is 1. The zero-order valence-electron chi connectivity index (χ0n) is 3.56. The zero-order valence-corrected chi connectivity index (χ0v) is 3.56. The molecule has 0 atom stereocenters. The van der Waals surface area contributed by atoms with Crippen LogP contribution in [0.5, 0.6) is 0 Å².